The van der Waals surface area contributed by atoms with Crippen LogP contribution in [0.1, 0.15) is 20.3 Å². The van der Waals surface area contributed by atoms with E-state index in [-0.39, 0.29) is 5.66 Å². The van der Waals surface area contributed by atoms with Crippen LogP contribution in [-0.2, 0) is 9.13 Å². The molecule has 182 valence electrons. The monoisotopic (exact) mass is 510 g/mol. The highest BCUT2D eigenvalue weighted by Crippen LogP contribution is 2.62. The van der Waals surface area contributed by atoms with Crippen molar-refractivity contribution in [3.05, 3.63) is 150 Å². The van der Waals surface area contributed by atoms with Gasteiger partial charge in [-0.3, -0.25) is 0 Å². The van der Waals surface area contributed by atoms with E-state index in [0.717, 1.165) is 26.8 Å². The average Bonchev–Trinajstić information content (AvgIpc) is 2.94. The number of benzene rings is 3. The van der Waals surface area contributed by atoms with Gasteiger partial charge in [0.1, 0.15) is 7.14 Å². The van der Waals surface area contributed by atoms with Crippen molar-refractivity contribution in [2.75, 3.05) is 0 Å². The molecule has 3 aromatic rings. The molecule has 0 fully saturated rings. The number of rotatable bonds is 8. The van der Waals surface area contributed by atoms with Gasteiger partial charge in [0.25, 0.3) is 0 Å². The third-order valence-corrected chi connectivity index (χ3v) is 13.3. The zero-order valence-corrected chi connectivity index (χ0v) is 22.6. The van der Waals surface area contributed by atoms with E-state index in [4.69, 9.17) is 0 Å². The molecule has 0 bridgehead atoms. The molecule has 36 heavy (non-hydrogen) atoms. The molecule has 0 radical (unpaired) electrons. The van der Waals surface area contributed by atoms with Crippen molar-refractivity contribution >= 4 is 30.2 Å². The first-order valence-electron chi connectivity index (χ1n) is 12.2. The second kappa shape index (κ2) is 11.3. The molecule has 0 N–H and O–H groups in total. The Morgan fingerprint density at radius 3 is 1.75 bits per heavy atom. The van der Waals surface area contributed by atoms with Crippen LogP contribution >= 0.6 is 14.3 Å². The number of allylic oxidation sites excluding steroid dienone is 9. The van der Waals surface area contributed by atoms with Crippen LogP contribution in [0.15, 0.2) is 150 Å². The second-order valence-electron chi connectivity index (χ2n) is 8.88. The smallest absolute Gasteiger partial charge is 0.170 e. The van der Waals surface area contributed by atoms with Gasteiger partial charge in [-0.1, -0.05) is 128 Å². The predicted octanol–water partition coefficient (Wildman–Crippen LogP) is 7.94. The van der Waals surface area contributed by atoms with Gasteiger partial charge in [0.05, 0.1) is 0 Å². The first-order chi connectivity index (χ1) is 17.4. The van der Waals surface area contributed by atoms with Gasteiger partial charge in [-0.2, -0.15) is 0 Å². The third kappa shape index (κ3) is 4.90. The Hall–Kier alpha value is -3.18. The molecule has 1 aliphatic carbocycles. The van der Waals surface area contributed by atoms with Crippen molar-refractivity contribution in [3.63, 3.8) is 0 Å². The van der Waals surface area contributed by atoms with E-state index >= 15 is 4.57 Å². The van der Waals surface area contributed by atoms with Gasteiger partial charge in [0.2, 0.25) is 0 Å². The van der Waals surface area contributed by atoms with Crippen molar-refractivity contribution in [1.29, 1.82) is 0 Å². The quantitative estimate of drug-likeness (QED) is 0.228. The fourth-order valence-electron chi connectivity index (χ4n) is 4.85. The lowest BCUT2D eigenvalue weighted by atomic mass is 10.2. The molecule has 1 aliphatic rings. The predicted molar refractivity (Wildman–Crippen MR) is 157 cm³/mol. The standard InChI is InChI=1S/C32H32O2P2/c1-4-32(36(34,30-21-13-7-14-22-30)31-23-15-8-16-24-31)26(2)25-27(3)35(33,28-17-9-5-10-18-28)29-19-11-6-12-20-29/h4-23,25,31H,3,24H2,1-2H3/b26-25-,32-4+. The van der Waals surface area contributed by atoms with Gasteiger partial charge < -0.3 is 9.13 Å². The molecule has 2 atom stereocenters. The van der Waals surface area contributed by atoms with Crippen LogP contribution in [0.3, 0.4) is 0 Å². The summed E-state index contributed by atoms with van der Waals surface area (Å²) in [4.78, 5) is 0. The lowest BCUT2D eigenvalue weighted by Crippen LogP contribution is -2.19. The van der Waals surface area contributed by atoms with Gasteiger partial charge >= 0.3 is 0 Å². The Bertz CT molecular complexity index is 1390. The zero-order valence-electron chi connectivity index (χ0n) is 20.8. The number of hydrogen-bond donors (Lipinski definition) is 0. The summed E-state index contributed by atoms with van der Waals surface area (Å²) in [6.45, 7) is 8.21. The summed E-state index contributed by atoms with van der Waals surface area (Å²) >= 11 is 0. The summed E-state index contributed by atoms with van der Waals surface area (Å²) in [5, 5.41) is 3.61. The van der Waals surface area contributed by atoms with E-state index in [0.29, 0.717) is 11.7 Å². The largest absolute Gasteiger partial charge is 0.313 e. The molecule has 4 heteroatoms. The lowest BCUT2D eigenvalue weighted by molar-refractivity contribution is 0.580. The van der Waals surface area contributed by atoms with Crippen LogP contribution in [-0.4, -0.2) is 5.66 Å². The first kappa shape index (κ1) is 25.9. The fourth-order valence-corrected chi connectivity index (χ4v) is 10.7. The van der Waals surface area contributed by atoms with E-state index in [1.165, 1.54) is 0 Å². The maximum absolute atomic E-state index is 15.0. The van der Waals surface area contributed by atoms with Crippen molar-refractivity contribution < 1.29 is 9.13 Å². The highest BCUT2D eigenvalue weighted by molar-refractivity contribution is 7.82. The van der Waals surface area contributed by atoms with E-state index in [9.17, 15) is 4.57 Å². The van der Waals surface area contributed by atoms with Crippen molar-refractivity contribution in [1.82, 2.24) is 0 Å². The van der Waals surface area contributed by atoms with Crippen LogP contribution in [0.4, 0.5) is 0 Å². The zero-order chi connectivity index (χ0) is 25.6. The topological polar surface area (TPSA) is 34.1 Å². The molecule has 4 rings (SSSR count). The molecule has 0 aliphatic heterocycles. The molecule has 0 saturated heterocycles. The van der Waals surface area contributed by atoms with Gasteiger partial charge in [0.15, 0.2) is 7.14 Å². The summed E-state index contributed by atoms with van der Waals surface area (Å²) in [5.74, 6) is 0. The summed E-state index contributed by atoms with van der Waals surface area (Å²) < 4.78 is 29.8. The van der Waals surface area contributed by atoms with Crippen molar-refractivity contribution in [2.24, 2.45) is 0 Å². The van der Waals surface area contributed by atoms with Gasteiger partial charge in [-0.05, 0) is 31.9 Å². The Morgan fingerprint density at radius 2 is 1.31 bits per heavy atom. The van der Waals surface area contributed by atoms with Gasteiger partial charge in [-0.25, -0.2) is 0 Å². The molecule has 0 aromatic heterocycles. The van der Waals surface area contributed by atoms with E-state index < -0.39 is 14.3 Å². The Balaban J connectivity index is 1.83. The maximum Gasteiger partial charge on any atom is 0.170 e. The molecule has 2 unspecified atom stereocenters. The highest BCUT2D eigenvalue weighted by atomic mass is 31.2. The van der Waals surface area contributed by atoms with Crippen molar-refractivity contribution in [3.8, 4) is 0 Å². The highest BCUT2D eigenvalue weighted by Gasteiger charge is 2.38. The van der Waals surface area contributed by atoms with E-state index in [1.54, 1.807) is 0 Å². The van der Waals surface area contributed by atoms with Crippen LogP contribution in [0.25, 0.3) is 0 Å². The summed E-state index contributed by atoms with van der Waals surface area (Å²) in [7, 11) is -6.23. The Morgan fingerprint density at radius 1 is 0.806 bits per heavy atom. The molecule has 3 aromatic carbocycles. The molecule has 0 amide bonds. The second-order valence-corrected chi connectivity index (χ2v) is 14.7. The average molecular weight is 511 g/mol. The molecule has 2 nitrogen and oxygen atoms in total. The minimum absolute atomic E-state index is 0.136. The Labute approximate surface area is 215 Å². The molecule has 0 saturated carbocycles. The van der Waals surface area contributed by atoms with Gasteiger partial charge in [0, 0.05) is 32.2 Å². The molecule has 0 heterocycles. The number of hydrogen-bond acceptors (Lipinski definition) is 2. The van der Waals surface area contributed by atoms with Crippen LogP contribution in [0.2, 0.25) is 0 Å². The Kier molecular flexibility index (Phi) is 8.10. The molecular formula is C32H32O2P2. The minimum atomic E-state index is -3.19. The first-order valence-corrected chi connectivity index (χ1v) is 15.7. The normalized spacial score (nSPS) is 18.0. The van der Waals surface area contributed by atoms with Crippen LogP contribution in [0, 0.1) is 0 Å². The fraction of sp³-hybridized carbons (Fsp3) is 0.125. The molecule has 0 spiro atoms. The lowest BCUT2D eigenvalue weighted by Gasteiger charge is -2.30. The van der Waals surface area contributed by atoms with E-state index in [2.05, 4.69) is 18.7 Å². The van der Waals surface area contributed by atoms with Crippen LogP contribution in [0.5, 0.6) is 0 Å². The maximum atomic E-state index is 15.0. The molecular weight excluding hydrogens is 478 g/mol. The summed E-state index contributed by atoms with van der Waals surface area (Å²) in [6, 6.07) is 28.8. The van der Waals surface area contributed by atoms with Crippen molar-refractivity contribution in [2.45, 2.75) is 25.9 Å². The van der Waals surface area contributed by atoms with Gasteiger partial charge in [-0.15, -0.1) is 0 Å². The van der Waals surface area contributed by atoms with E-state index in [1.807, 2.05) is 129 Å². The summed E-state index contributed by atoms with van der Waals surface area (Å²) in [6.07, 6.45) is 12.7. The third-order valence-electron chi connectivity index (χ3n) is 6.63. The SMILES string of the molecule is C=C(/C=C(C)\C(=C/C)P(=O)(c1ccccc1)C1C=CC=CC1)P(=O)(c1ccccc1)c1ccccc1. The minimum Gasteiger partial charge on any atom is -0.313 e. The van der Waals surface area contributed by atoms with Crippen LogP contribution < -0.4 is 15.9 Å². The summed E-state index contributed by atoms with van der Waals surface area (Å²) in [5.41, 5.74) is 0.687.